The Bertz CT molecular complexity index is 371. The van der Waals surface area contributed by atoms with Crippen molar-refractivity contribution in [2.24, 2.45) is 5.92 Å². The van der Waals surface area contributed by atoms with Gasteiger partial charge in [-0.15, -0.1) is 0 Å². The Morgan fingerprint density at radius 2 is 1.89 bits per heavy atom. The van der Waals surface area contributed by atoms with Crippen LogP contribution in [0.15, 0.2) is 24.3 Å². The largest absolute Gasteiger partial charge is 0.497 e. The molecule has 0 heterocycles. The highest BCUT2D eigenvalue weighted by molar-refractivity contribution is 5.97. The van der Waals surface area contributed by atoms with E-state index in [4.69, 9.17) is 4.74 Å². The summed E-state index contributed by atoms with van der Waals surface area (Å²) in [6.07, 6.45) is 1.12. The van der Waals surface area contributed by atoms with Crippen LogP contribution in [-0.4, -0.2) is 37.9 Å². The molecule has 1 aromatic carbocycles. The van der Waals surface area contributed by atoms with E-state index in [-0.39, 0.29) is 5.78 Å². The van der Waals surface area contributed by atoms with Gasteiger partial charge in [-0.2, -0.15) is 0 Å². The summed E-state index contributed by atoms with van der Waals surface area (Å²) in [5, 5.41) is 0. The second kappa shape index (κ2) is 7.17. The third kappa shape index (κ3) is 4.88. The maximum absolute atomic E-state index is 12.0. The van der Waals surface area contributed by atoms with Crippen molar-refractivity contribution in [3.05, 3.63) is 29.8 Å². The van der Waals surface area contributed by atoms with Crippen molar-refractivity contribution < 1.29 is 9.53 Å². The minimum atomic E-state index is 0.156. The van der Waals surface area contributed by atoms with Gasteiger partial charge in [-0.3, -0.25) is 9.69 Å². The zero-order valence-electron chi connectivity index (χ0n) is 11.8. The summed E-state index contributed by atoms with van der Waals surface area (Å²) in [5.74, 6) is 1.60. The minimum Gasteiger partial charge on any atom is -0.497 e. The highest BCUT2D eigenvalue weighted by Crippen LogP contribution is 2.12. The van der Waals surface area contributed by atoms with Crippen LogP contribution in [0.2, 0.25) is 0 Å². The first-order valence-corrected chi connectivity index (χ1v) is 6.38. The number of carbonyl (C=O) groups excluding carboxylic acids is 1. The van der Waals surface area contributed by atoms with Crippen LogP contribution < -0.4 is 4.74 Å². The number of benzene rings is 1. The first-order valence-electron chi connectivity index (χ1n) is 6.38. The highest BCUT2D eigenvalue weighted by Gasteiger charge is 2.09. The molecule has 1 aromatic rings. The van der Waals surface area contributed by atoms with Crippen molar-refractivity contribution in [1.29, 1.82) is 0 Å². The molecule has 0 atom stereocenters. The summed E-state index contributed by atoms with van der Waals surface area (Å²) in [6, 6.07) is 7.28. The Labute approximate surface area is 110 Å². The topological polar surface area (TPSA) is 29.5 Å². The van der Waals surface area contributed by atoms with Crippen LogP contribution in [0, 0.1) is 5.92 Å². The first-order chi connectivity index (χ1) is 8.52. The van der Waals surface area contributed by atoms with Gasteiger partial charge in [0.1, 0.15) is 5.75 Å². The molecule has 0 fully saturated rings. The van der Waals surface area contributed by atoms with Gasteiger partial charge in [0, 0.05) is 5.56 Å². The molecule has 3 heteroatoms. The number of rotatable bonds is 7. The number of ether oxygens (including phenoxy) is 1. The number of methoxy groups -OCH3 is 1. The highest BCUT2D eigenvalue weighted by atomic mass is 16.5. The van der Waals surface area contributed by atoms with Gasteiger partial charge in [0.25, 0.3) is 0 Å². The van der Waals surface area contributed by atoms with Crippen LogP contribution in [0.5, 0.6) is 5.75 Å². The van der Waals surface area contributed by atoms with Crippen LogP contribution >= 0.6 is 0 Å². The maximum atomic E-state index is 12.0. The second-order valence-electron chi connectivity index (χ2n) is 5.07. The number of carbonyl (C=O) groups is 1. The van der Waals surface area contributed by atoms with Crippen molar-refractivity contribution in [2.75, 3.05) is 27.2 Å². The molecule has 0 unspecified atom stereocenters. The molecule has 0 amide bonds. The van der Waals surface area contributed by atoms with E-state index in [0.717, 1.165) is 24.3 Å². The Morgan fingerprint density at radius 1 is 1.28 bits per heavy atom. The molecule has 1 rings (SSSR count). The lowest BCUT2D eigenvalue weighted by Gasteiger charge is -2.16. The summed E-state index contributed by atoms with van der Waals surface area (Å²) < 4.78 is 5.07. The number of hydrogen-bond donors (Lipinski definition) is 0. The predicted molar refractivity (Wildman–Crippen MR) is 74.3 cm³/mol. The summed E-state index contributed by atoms with van der Waals surface area (Å²) in [7, 11) is 3.61. The molecule has 0 bridgehead atoms. The molecule has 0 aromatic heterocycles. The number of hydrogen-bond acceptors (Lipinski definition) is 3. The van der Waals surface area contributed by atoms with Crippen molar-refractivity contribution in [2.45, 2.75) is 20.3 Å². The van der Waals surface area contributed by atoms with E-state index in [0.29, 0.717) is 12.5 Å². The van der Waals surface area contributed by atoms with Crippen LogP contribution in [-0.2, 0) is 0 Å². The summed E-state index contributed by atoms with van der Waals surface area (Å²) in [6.45, 7) is 5.82. The molecule has 18 heavy (non-hydrogen) atoms. The summed E-state index contributed by atoms with van der Waals surface area (Å²) in [4.78, 5) is 14.1. The zero-order valence-corrected chi connectivity index (χ0v) is 11.8. The third-order valence-corrected chi connectivity index (χ3v) is 2.91. The molecule has 3 nitrogen and oxygen atoms in total. The van der Waals surface area contributed by atoms with Gasteiger partial charge in [-0.1, -0.05) is 13.8 Å². The van der Waals surface area contributed by atoms with Crippen LogP contribution in [0.1, 0.15) is 30.6 Å². The van der Waals surface area contributed by atoms with Crippen molar-refractivity contribution in [1.82, 2.24) is 4.90 Å². The van der Waals surface area contributed by atoms with Gasteiger partial charge in [-0.05, 0) is 50.2 Å². The SMILES string of the molecule is COc1ccc(C(=O)CN(C)CCC(C)C)cc1. The van der Waals surface area contributed by atoms with E-state index in [2.05, 4.69) is 18.7 Å². The van der Waals surface area contributed by atoms with Gasteiger partial charge >= 0.3 is 0 Å². The molecule has 0 aliphatic rings. The molecule has 0 aliphatic heterocycles. The summed E-state index contributed by atoms with van der Waals surface area (Å²) >= 11 is 0. The Morgan fingerprint density at radius 3 is 2.39 bits per heavy atom. The number of ketones is 1. The molecule has 0 aliphatic carbocycles. The lowest BCUT2D eigenvalue weighted by molar-refractivity contribution is 0.0944. The quantitative estimate of drug-likeness (QED) is 0.696. The maximum Gasteiger partial charge on any atom is 0.176 e. The van der Waals surface area contributed by atoms with Crippen molar-refractivity contribution >= 4 is 5.78 Å². The molecule has 100 valence electrons. The fourth-order valence-corrected chi connectivity index (χ4v) is 1.67. The lowest BCUT2D eigenvalue weighted by Crippen LogP contribution is -2.27. The standard InChI is InChI=1S/C15H23NO2/c1-12(2)9-10-16(3)11-15(17)13-5-7-14(18-4)8-6-13/h5-8,12H,9-11H2,1-4H3. The number of likely N-dealkylation sites (N-methyl/N-ethyl adjacent to an activating group) is 1. The van der Waals surface area contributed by atoms with E-state index >= 15 is 0 Å². The van der Waals surface area contributed by atoms with Gasteiger partial charge in [0.2, 0.25) is 0 Å². The Kier molecular flexibility index (Phi) is 5.86. The fourth-order valence-electron chi connectivity index (χ4n) is 1.67. The molecule has 0 saturated carbocycles. The van der Waals surface area contributed by atoms with Gasteiger partial charge < -0.3 is 4.74 Å². The van der Waals surface area contributed by atoms with Gasteiger partial charge in [-0.25, -0.2) is 0 Å². The molecule has 0 saturated heterocycles. The normalized spacial score (nSPS) is 11.0. The molecule has 0 radical (unpaired) electrons. The minimum absolute atomic E-state index is 0.156. The smallest absolute Gasteiger partial charge is 0.176 e. The van der Waals surface area contributed by atoms with Crippen LogP contribution in [0.3, 0.4) is 0 Å². The molecular weight excluding hydrogens is 226 g/mol. The van der Waals surface area contributed by atoms with Crippen LogP contribution in [0.4, 0.5) is 0 Å². The first kappa shape index (κ1) is 14.7. The average molecular weight is 249 g/mol. The van der Waals surface area contributed by atoms with E-state index < -0.39 is 0 Å². The molecule has 0 N–H and O–H groups in total. The van der Waals surface area contributed by atoms with E-state index in [1.54, 1.807) is 7.11 Å². The predicted octanol–water partition coefficient (Wildman–Crippen LogP) is 2.86. The zero-order chi connectivity index (χ0) is 13.5. The van der Waals surface area contributed by atoms with Gasteiger partial charge in [0.15, 0.2) is 5.78 Å². The lowest BCUT2D eigenvalue weighted by atomic mass is 10.1. The number of Topliss-reactive ketones (excluding diaryl/α,β-unsaturated/α-hetero) is 1. The Hall–Kier alpha value is -1.35. The second-order valence-corrected chi connectivity index (χ2v) is 5.07. The Balaban J connectivity index is 2.48. The van der Waals surface area contributed by atoms with Crippen LogP contribution in [0.25, 0.3) is 0 Å². The monoisotopic (exact) mass is 249 g/mol. The molecular formula is C15H23NO2. The molecule has 0 spiro atoms. The third-order valence-electron chi connectivity index (χ3n) is 2.91. The fraction of sp³-hybridized carbons (Fsp3) is 0.533. The van der Waals surface area contributed by atoms with Crippen molar-refractivity contribution in [3.63, 3.8) is 0 Å². The van der Waals surface area contributed by atoms with E-state index in [1.807, 2.05) is 31.3 Å². The average Bonchev–Trinajstić information content (AvgIpc) is 2.36. The van der Waals surface area contributed by atoms with E-state index in [9.17, 15) is 4.79 Å². The summed E-state index contributed by atoms with van der Waals surface area (Å²) in [5.41, 5.74) is 0.743. The van der Waals surface area contributed by atoms with E-state index in [1.165, 1.54) is 0 Å². The number of nitrogens with zero attached hydrogens (tertiary/aromatic N) is 1. The van der Waals surface area contributed by atoms with Gasteiger partial charge in [0.05, 0.1) is 13.7 Å². The van der Waals surface area contributed by atoms with Crippen molar-refractivity contribution in [3.8, 4) is 5.75 Å².